The summed E-state index contributed by atoms with van der Waals surface area (Å²) in [5, 5.41) is 7.06. The summed E-state index contributed by atoms with van der Waals surface area (Å²) >= 11 is 6.25. The largest absolute Gasteiger partial charge is 0.497 e. The molecule has 2 N–H and O–H groups in total. The van der Waals surface area contributed by atoms with Gasteiger partial charge < -0.3 is 14.8 Å². The second-order valence-electron chi connectivity index (χ2n) is 9.14. The van der Waals surface area contributed by atoms with E-state index in [4.69, 9.17) is 21.1 Å². The number of hydrogen-bond acceptors (Lipinski definition) is 7. The lowest BCUT2D eigenvalue weighted by molar-refractivity contribution is -0.119. The Morgan fingerprint density at radius 2 is 1.56 bits per heavy atom. The van der Waals surface area contributed by atoms with E-state index in [0.717, 1.165) is 4.31 Å². The molecule has 0 fully saturated rings. The minimum Gasteiger partial charge on any atom is -0.497 e. The van der Waals surface area contributed by atoms with Gasteiger partial charge in [-0.1, -0.05) is 35.9 Å². The van der Waals surface area contributed by atoms with Gasteiger partial charge in [-0.05, 0) is 90.8 Å². The molecule has 0 aliphatic carbocycles. The Labute approximate surface area is 254 Å². The molecule has 0 atom stereocenters. The van der Waals surface area contributed by atoms with Gasteiger partial charge in [0, 0.05) is 10.7 Å². The lowest BCUT2D eigenvalue weighted by Crippen LogP contribution is -2.40. The lowest BCUT2D eigenvalue weighted by atomic mass is 10.2. The Bertz CT molecular complexity index is 1700. The van der Waals surface area contributed by atoms with E-state index in [9.17, 15) is 18.0 Å². The highest BCUT2D eigenvalue weighted by Gasteiger charge is 2.28. The van der Waals surface area contributed by atoms with E-state index in [2.05, 4.69) is 15.8 Å². The Balaban J connectivity index is 1.35. The van der Waals surface area contributed by atoms with Crippen LogP contribution in [0.1, 0.15) is 11.1 Å². The molecular weight excluding hydrogens is 592 g/mol. The second kappa shape index (κ2) is 14.3. The molecule has 10 nitrogen and oxygen atoms in total. The zero-order valence-electron chi connectivity index (χ0n) is 23.4. The van der Waals surface area contributed by atoms with E-state index in [-0.39, 0.29) is 23.1 Å². The summed E-state index contributed by atoms with van der Waals surface area (Å²) in [7, 11) is -2.52. The zero-order chi connectivity index (χ0) is 30.8. The number of benzene rings is 4. The van der Waals surface area contributed by atoms with Gasteiger partial charge in [-0.15, -0.1) is 0 Å². The number of methoxy groups -OCH3 is 1. The Hall–Kier alpha value is -4.87. The Kier molecular flexibility index (Phi) is 10.4. The number of carbonyl (C=O) groups is 2. The second-order valence-corrected chi connectivity index (χ2v) is 11.4. The number of nitrogens with zero attached hydrogens (tertiary/aromatic N) is 2. The molecule has 4 aromatic rings. The molecule has 4 aromatic carbocycles. The Morgan fingerprint density at radius 3 is 2.23 bits per heavy atom. The van der Waals surface area contributed by atoms with Crippen molar-refractivity contribution < 1.29 is 27.5 Å². The third-order valence-corrected chi connectivity index (χ3v) is 8.34. The number of anilines is 2. The highest BCUT2D eigenvalue weighted by molar-refractivity contribution is 7.92. The van der Waals surface area contributed by atoms with Crippen LogP contribution in [0.4, 0.5) is 11.4 Å². The Morgan fingerprint density at radius 1 is 0.884 bits per heavy atom. The number of carbonyl (C=O) groups excluding carboxylic acids is 2. The SMILES string of the molecule is COc1ccc(NC(=O)COc2ccc(/C=N\NC(=O)CN(c3cccc(Cl)c3C)S(=O)(=O)c3ccccc3)cc2)cc1. The van der Waals surface area contributed by atoms with Crippen LogP contribution < -0.4 is 24.5 Å². The first kappa shape index (κ1) is 31.1. The lowest BCUT2D eigenvalue weighted by Gasteiger charge is -2.25. The fourth-order valence-corrected chi connectivity index (χ4v) is 5.57. The van der Waals surface area contributed by atoms with Gasteiger partial charge in [-0.25, -0.2) is 13.8 Å². The van der Waals surface area contributed by atoms with Crippen LogP contribution in [-0.4, -0.2) is 46.7 Å². The molecule has 222 valence electrons. The molecule has 43 heavy (non-hydrogen) atoms. The van der Waals surface area contributed by atoms with E-state index in [1.54, 1.807) is 99.0 Å². The van der Waals surface area contributed by atoms with Gasteiger partial charge in [0.1, 0.15) is 18.0 Å². The van der Waals surface area contributed by atoms with Crippen LogP contribution >= 0.6 is 11.6 Å². The molecule has 0 saturated heterocycles. The number of ether oxygens (including phenoxy) is 2. The normalized spacial score (nSPS) is 11.1. The van der Waals surface area contributed by atoms with Crippen molar-refractivity contribution in [2.75, 3.05) is 29.9 Å². The van der Waals surface area contributed by atoms with E-state index in [1.807, 2.05) is 0 Å². The quantitative estimate of drug-likeness (QED) is 0.169. The maximum atomic E-state index is 13.5. The molecule has 0 heterocycles. The summed E-state index contributed by atoms with van der Waals surface area (Å²) in [5.74, 6) is 0.167. The van der Waals surface area contributed by atoms with Gasteiger partial charge in [-0.3, -0.25) is 13.9 Å². The minimum absolute atomic E-state index is 0.0335. The first-order valence-corrected chi connectivity index (χ1v) is 14.8. The molecule has 0 radical (unpaired) electrons. The van der Waals surface area contributed by atoms with Crippen LogP contribution in [0, 0.1) is 6.92 Å². The van der Waals surface area contributed by atoms with Crippen molar-refractivity contribution >= 4 is 51.0 Å². The smallest absolute Gasteiger partial charge is 0.264 e. The first-order chi connectivity index (χ1) is 20.7. The maximum Gasteiger partial charge on any atom is 0.264 e. The molecule has 0 unspecified atom stereocenters. The molecule has 2 amide bonds. The standard InChI is InChI=1S/C31H29ClN4O6S/c1-22-28(32)9-6-10-29(22)36(43(39,40)27-7-4-3-5-8-27)20-30(37)35-33-19-23-11-15-26(16-12-23)42-21-31(38)34-24-13-17-25(41-2)18-14-24/h3-19H,20-21H2,1-2H3,(H,34,38)(H,35,37)/b33-19-. The van der Waals surface area contributed by atoms with Crippen molar-refractivity contribution in [1.82, 2.24) is 5.43 Å². The summed E-state index contributed by atoms with van der Waals surface area (Å²) in [6.45, 7) is 0.965. The van der Waals surface area contributed by atoms with Crippen LogP contribution in [0.2, 0.25) is 5.02 Å². The van der Waals surface area contributed by atoms with E-state index >= 15 is 0 Å². The maximum absolute atomic E-state index is 13.5. The zero-order valence-corrected chi connectivity index (χ0v) is 24.9. The first-order valence-electron chi connectivity index (χ1n) is 13.0. The topological polar surface area (TPSA) is 126 Å². The molecule has 0 aliphatic heterocycles. The van der Waals surface area contributed by atoms with Gasteiger partial charge in [0.2, 0.25) is 0 Å². The summed E-state index contributed by atoms with van der Waals surface area (Å²) in [5.41, 5.74) is 4.42. The fraction of sp³-hybridized carbons (Fsp3) is 0.129. The minimum atomic E-state index is -4.09. The monoisotopic (exact) mass is 620 g/mol. The highest BCUT2D eigenvalue weighted by atomic mass is 35.5. The summed E-state index contributed by atoms with van der Waals surface area (Å²) in [4.78, 5) is 25.0. The molecule has 0 aromatic heterocycles. The van der Waals surface area contributed by atoms with Crippen LogP contribution in [0.25, 0.3) is 0 Å². The number of rotatable bonds is 12. The summed E-state index contributed by atoms with van der Waals surface area (Å²) in [6, 6.07) is 26.3. The van der Waals surface area contributed by atoms with Crippen molar-refractivity contribution in [1.29, 1.82) is 0 Å². The molecule has 0 spiro atoms. The predicted octanol–water partition coefficient (Wildman–Crippen LogP) is 5.02. The van der Waals surface area contributed by atoms with Gasteiger partial charge in [0.05, 0.1) is 23.9 Å². The molecule has 12 heteroatoms. The number of nitrogens with one attached hydrogen (secondary N) is 2. The number of amides is 2. The van der Waals surface area contributed by atoms with Crippen molar-refractivity contribution in [3.63, 3.8) is 0 Å². The average Bonchev–Trinajstić information content (AvgIpc) is 3.02. The van der Waals surface area contributed by atoms with E-state index in [1.165, 1.54) is 18.3 Å². The third-order valence-electron chi connectivity index (χ3n) is 6.15. The van der Waals surface area contributed by atoms with Crippen LogP contribution in [0.5, 0.6) is 11.5 Å². The van der Waals surface area contributed by atoms with Crippen molar-refractivity contribution in [2.45, 2.75) is 11.8 Å². The molecule has 4 rings (SSSR count). The fourth-order valence-electron chi connectivity index (χ4n) is 3.90. The van der Waals surface area contributed by atoms with Crippen LogP contribution in [0.15, 0.2) is 107 Å². The molecular formula is C31H29ClN4O6S. The number of hydrazone groups is 1. The van der Waals surface area contributed by atoms with Gasteiger partial charge in [-0.2, -0.15) is 5.10 Å². The molecule has 0 saturated carbocycles. The van der Waals surface area contributed by atoms with Crippen LogP contribution in [-0.2, 0) is 19.6 Å². The third kappa shape index (κ3) is 8.34. The van der Waals surface area contributed by atoms with Crippen molar-refractivity contribution in [3.8, 4) is 11.5 Å². The number of sulfonamides is 1. The van der Waals surface area contributed by atoms with E-state index < -0.39 is 22.5 Å². The number of hydrogen-bond donors (Lipinski definition) is 2. The van der Waals surface area contributed by atoms with Gasteiger partial charge in [0.25, 0.3) is 21.8 Å². The molecule has 0 aliphatic rings. The predicted molar refractivity (Wildman–Crippen MR) is 166 cm³/mol. The van der Waals surface area contributed by atoms with Crippen molar-refractivity contribution in [3.05, 3.63) is 113 Å². The van der Waals surface area contributed by atoms with Crippen LogP contribution in [0.3, 0.4) is 0 Å². The average molecular weight is 621 g/mol. The van der Waals surface area contributed by atoms with E-state index in [0.29, 0.717) is 33.3 Å². The van der Waals surface area contributed by atoms with Gasteiger partial charge in [0.15, 0.2) is 6.61 Å². The summed E-state index contributed by atoms with van der Waals surface area (Å²) in [6.07, 6.45) is 1.40. The van der Waals surface area contributed by atoms with Crippen molar-refractivity contribution in [2.24, 2.45) is 5.10 Å². The number of halogens is 1. The highest BCUT2D eigenvalue weighted by Crippen LogP contribution is 2.30. The summed E-state index contributed by atoms with van der Waals surface area (Å²) < 4.78 is 38.6. The molecule has 0 bridgehead atoms. The van der Waals surface area contributed by atoms with Gasteiger partial charge >= 0.3 is 0 Å².